The Labute approximate surface area is 104 Å². The third-order valence-corrected chi connectivity index (χ3v) is 2.93. The van der Waals surface area contributed by atoms with E-state index < -0.39 is 0 Å². The van der Waals surface area contributed by atoms with Crippen LogP contribution in [-0.4, -0.2) is 18.1 Å². The van der Waals surface area contributed by atoms with Crippen LogP contribution in [0.5, 0.6) is 5.75 Å². The molecular weight excluding hydrogens is 236 g/mol. The van der Waals surface area contributed by atoms with Crippen molar-refractivity contribution in [1.29, 1.82) is 0 Å². The highest BCUT2D eigenvalue weighted by Crippen LogP contribution is 2.30. The highest BCUT2D eigenvalue weighted by atomic mass is 35.5. The van der Waals surface area contributed by atoms with Crippen LogP contribution in [-0.2, 0) is 0 Å². The summed E-state index contributed by atoms with van der Waals surface area (Å²) in [6.07, 6.45) is 1.84. The minimum atomic E-state index is 0.679. The summed E-state index contributed by atoms with van der Waals surface area (Å²) in [5.74, 6) is 1.62. The van der Waals surface area contributed by atoms with Crippen LogP contribution in [0.15, 0.2) is 36.5 Å². The molecule has 0 atom stereocenters. The van der Waals surface area contributed by atoms with Crippen LogP contribution in [0.25, 0.3) is 11.1 Å². The number of ether oxygens (including phenoxy) is 1. The number of fused-ring (bicyclic) bond motifs is 1. The molecule has 0 saturated heterocycles. The van der Waals surface area contributed by atoms with Gasteiger partial charge in [0.25, 0.3) is 0 Å². The number of pyridine rings is 1. The zero-order chi connectivity index (χ0) is 11.7. The molecule has 1 aromatic carbocycles. The van der Waals surface area contributed by atoms with Crippen molar-refractivity contribution in [2.45, 2.75) is 0 Å². The van der Waals surface area contributed by atoms with E-state index in [1.807, 2.05) is 36.5 Å². The van der Waals surface area contributed by atoms with Crippen molar-refractivity contribution in [3.05, 3.63) is 41.6 Å². The molecule has 0 unspecified atom stereocenters. The predicted molar refractivity (Wildman–Crippen MR) is 68.7 cm³/mol. The van der Waals surface area contributed by atoms with Crippen molar-refractivity contribution in [3.8, 4) is 16.9 Å². The van der Waals surface area contributed by atoms with E-state index in [-0.39, 0.29) is 0 Å². The molecule has 4 heteroatoms. The third kappa shape index (κ3) is 2.06. The topological polar surface area (TPSA) is 34.1 Å². The van der Waals surface area contributed by atoms with Crippen molar-refractivity contribution in [2.75, 3.05) is 18.5 Å². The second-order valence-corrected chi connectivity index (χ2v) is 4.29. The molecule has 0 bridgehead atoms. The van der Waals surface area contributed by atoms with Gasteiger partial charge in [0.15, 0.2) is 11.6 Å². The molecule has 17 heavy (non-hydrogen) atoms. The van der Waals surface area contributed by atoms with Crippen LogP contribution < -0.4 is 10.1 Å². The van der Waals surface area contributed by atoms with Gasteiger partial charge in [0.05, 0.1) is 6.54 Å². The van der Waals surface area contributed by atoms with Crippen molar-refractivity contribution in [1.82, 2.24) is 4.98 Å². The summed E-state index contributed by atoms with van der Waals surface area (Å²) in [5, 5.41) is 3.93. The van der Waals surface area contributed by atoms with E-state index in [2.05, 4.69) is 10.3 Å². The molecule has 0 fully saturated rings. The Morgan fingerprint density at radius 1 is 1.18 bits per heavy atom. The molecule has 0 saturated carbocycles. The van der Waals surface area contributed by atoms with E-state index in [0.29, 0.717) is 6.61 Å². The fourth-order valence-corrected chi connectivity index (χ4v) is 1.94. The van der Waals surface area contributed by atoms with Gasteiger partial charge in [-0.15, -0.1) is 0 Å². The monoisotopic (exact) mass is 246 g/mol. The molecule has 3 rings (SSSR count). The molecule has 86 valence electrons. The molecule has 3 nitrogen and oxygen atoms in total. The molecule has 1 aliphatic rings. The lowest BCUT2D eigenvalue weighted by Gasteiger charge is -2.18. The summed E-state index contributed by atoms with van der Waals surface area (Å²) in [4.78, 5) is 4.35. The summed E-state index contributed by atoms with van der Waals surface area (Å²) in [5.41, 5.74) is 2.11. The van der Waals surface area contributed by atoms with E-state index in [9.17, 15) is 0 Å². The molecule has 0 spiro atoms. The highest BCUT2D eigenvalue weighted by Gasteiger charge is 2.11. The summed E-state index contributed by atoms with van der Waals surface area (Å²) < 4.78 is 5.56. The Kier molecular flexibility index (Phi) is 2.61. The molecule has 0 aliphatic carbocycles. The predicted octanol–water partition coefficient (Wildman–Crippen LogP) is 3.21. The van der Waals surface area contributed by atoms with E-state index in [0.717, 1.165) is 34.3 Å². The SMILES string of the molecule is Clc1ccc(-c2cnc3c(c2)OCCN3)cc1. The molecule has 1 N–H and O–H groups in total. The van der Waals surface area contributed by atoms with Gasteiger partial charge >= 0.3 is 0 Å². The van der Waals surface area contributed by atoms with E-state index >= 15 is 0 Å². The first-order valence-corrected chi connectivity index (χ1v) is 5.83. The molecule has 2 heterocycles. The Morgan fingerprint density at radius 2 is 2.00 bits per heavy atom. The first-order chi connectivity index (χ1) is 8.33. The lowest BCUT2D eigenvalue weighted by molar-refractivity contribution is 0.321. The van der Waals surface area contributed by atoms with Crippen LogP contribution >= 0.6 is 11.6 Å². The minimum Gasteiger partial charge on any atom is -0.488 e. The minimum absolute atomic E-state index is 0.679. The first-order valence-electron chi connectivity index (χ1n) is 5.45. The number of aromatic nitrogens is 1. The summed E-state index contributed by atoms with van der Waals surface area (Å²) >= 11 is 5.86. The molecule has 1 aliphatic heterocycles. The van der Waals surface area contributed by atoms with Crippen LogP contribution in [0.3, 0.4) is 0 Å². The van der Waals surface area contributed by atoms with Crippen molar-refractivity contribution in [2.24, 2.45) is 0 Å². The van der Waals surface area contributed by atoms with Crippen LogP contribution in [0.1, 0.15) is 0 Å². The number of halogens is 1. The van der Waals surface area contributed by atoms with Crippen molar-refractivity contribution < 1.29 is 4.74 Å². The fourth-order valence-electron chi connectivity index (χ4n) is 1.82. The Bertz CT molecular complexity index is 540. The maximum atomic E-state index is 5.86. The molecule has 0 amide bonds. The largest absolute Gasteiger partial charge is 0.488 e. The summed E-state index contributed by atoms with van der Waals surface area (Å²) in [6, 6.07) is 9.69. The number of hydrogen-bond donors (Lipinski definition) is 1. The number of benzene rings is 1. The van der Waals surface area contributed by atoms with E-state index in [4.69, 9.17) is 16.3 Å². The number of rotatable bonds is 1. The van der Waals surface area contributed by atoms with Gasteiger partial charge in [-0.2, -0.15) is 0 Å². The number of nitrogens with one attached hydrogen (secondary N) is 1. The summed E-state index contributed by atoms with van der Waals surface area (Å²) in [6.45, 7) is 1.49. The van der Waals surface area contributed by atoms with Gasteiger partial charge < -0.3 is 10.1 Å². The smallest absolute Gasteiger partial charge is 0.168 e. The van der Waals surface area contributed by atoms with Gasteiger partial charge in [-0.25, -0.2) is 4.98 Å². The second-order valence-electron chi connectivity index (χ2n) is 3.85. The van der Waals surface area contributed by atoms with Crippen molar-refractivity contribution in [3.63, 3.8) is 0 Å². The Balaban J connectivity index is 2.01. The lowest BCUT2D eigenvalue weighted by Crippen LogP contribution is -2.18. The second kappa shape index (κ2) is 4.26. The first kappa shape index (κ1) is 10.4. The van der Waals surface area contributed by atoms with Gasteiger partial charge in [-0.1, -0.05) is 23.7 Å². The van der Waals surface area contributed by atoms with E-state index in [1.54, 1.807) is 0 Å². The standard InChI is InChI=1S/C13H11ClN2O/c14-11-3-1-9(2-4-11)10-7-12-13(16-8-10)15-5-6-17-12/h1-4,7-8H,5-6H2,(H,15,16). The quantitative estimate of drug-likeness (QED) is 0.839. The Morgan fingerprint density at radius 3 is 2.82 bits per heavy atom. The van der Waals surface area contributed by atoms with Gasteiger partial charge in [-0.05, 0) is 23.8 Å². The van der Waals surface area contributed by atoms with Crippen LogP contribution in [0, 0.1) is 0 Å². The van der Waals surface area contributed by atoms with Crippen LogP contribution in [0.4, 0.5) is 5.82 Å². The zero-order valence-electron chi connectivity index (χ0n) is 9.11. The molecule has 1 aromatic heterocycles. The third-order valence-electron chi connectivity index (χ3n) is 2.68. The number of hydrogen-bond acceptors (Lipinski definition) is 3. The normalized spacial score (nSPS) is 13.5. The fraction of sp³-hybridized carbons (Fsp3) is 0.154. The highest BCUT2D eigenvalue weighted by molar-refractivity contribution is 6.30. The lowest BCUT2D eigenvalue weighted by atomic mass is 10.1. The molecular formula is C13H11ClN2O. The molecule has 0 radical (unpaired) electrons. The maximum Gasteiger partial charge on any atom is 0.168 e. The van der Waals surface area contributed by atoms with Crippen LogP contribution in [0.2, 0.25) is 5.02 Å². The van der Waals surface area contributed by atoms with Gasteiger partial charge in [-0.3, -0.25) is 0 Å². The number of nitrogens with zero attached hydrogens (tertiary/aromatic N) is 1. The van der Waals surface area contributed by atoms with Gasteiger partial charge in [0.2, 0.25) is 0 Å². The maximum absolute atomic E-state index is 5.86. The zero-order valence-corrected chi connectivity index (χ0v) is 9.87. The molecule has 2 aromatic rings. The van der Waals surface area contributed by atoms with Gasteiger partial charge in [0, 0.05) is 16.8 Å². The average Bonchev–Trinajstić information content (AvgIpc) is 2.39. The van der Waals surface area contributed by atoms with E-state index in [1.165, 1.54) is 0 Å². The Hall–Kier alpha value is -1.74. The van der Waals surface area contributed by atoms with Crippen molar-refractivity contribution >= 4 is 17.4 Å². The summed E-state index contributed by atoms with van der Waals surface area (Å²) in [7, 11) is 0. The number of anilines is 1. The average molecular weight is 247 g/mol. The van der Waals surface area contributed by atoms with Gasteiger partial charge in [0.1, 0.15) is 6.61 Å².